The minimum Gasteiger partial charge on any atom is -0.456 e. The van der Waals surface area contributed by atoms with Gasteiger partial charge in [-0.1, -0.05) is 46.4 Å². The Balaban J connectivity index is 1.86. The summed E-state index contributed by atoms with van der Waals surface area (Å²) in [5.41, 5.74) is 0.297. The number of esters is 1. The first-order valence-electron chi connectivity index (χ1n) is 7.67. The maximum atomic E-state index is 12.3. The maximum absolute atomic E-state index is 12.3. The van der Waals surface area contributed by atoms with Crippen LogP contribution in [0.15, 0.2) is 41.3 Å². The third-order valence-corrected chi connectivity index (χ3v) is 6.35. The molecule has 0 aliphatic heterocycles. The van der Waals surface area contributed by atoms with Crippen molar-refractivity contribution in [2.75, 3.05) is 17.7 Å². The molecule has 0 fully saturated rings. The second kappa shape index (κ2) is 9.80. The summed E-state index contributed by atoms with van der Waals surface area (Å²) in [5, 5.41) is 3.26. The Morgan fingerprint density at radius 2 is 1.57 bits per heavy atom. The Hall–Kier alpha value is -1.51. The molecule has 0 aliphatic rings. The van der Waals surface area contributed by atoms with E-state index in [1.54, 1.807) is 0 Å². The van der Waals surface area contributed by atoms with Crippen LogP contribution in [0.4, 0.5) is 5.69 Å². The zero-order chi connectivity index (χ0) is 20.9. The molecule has 150 valence electrons. The number of carbonyl (C=O) groups excluding carboxylic acids is 2. The summed E-state index contributed by atoms with van der Waals surface area (Å²) in [7, 11) is -3.85. The smallest absolute Gasteiger partial charge is 0.307 e. The fourth-order valence-electron chi connectivity index (χ4n) is 2.04. The molecule has 0 saturated carbocycles. The van der Waals surface area contributed by atoms with E-state index in [2.05, 4.69) is 5.32 Å². The Morgan fingerprint density at radius 1 is 0.929 bits per heavy atom. The van der Waals surface area contributed by atoms with Crippen molar-refractivity contribution in [1.29, 1.82) is 0 Å². The molecule has 0 radical (unpaired) electrons. The van der Waals surface area contributed by atoms with Gasteiger partial charge in [-0.2, -0.15) is 0 Å². The van der Waals surface area contributed by atoms with Crippen LogP contribution in [0.25, 0.3) is 0 Å². The minimum atomic E-state index is -3.85. The number of carbonyl (C=O) groups is 2. The van der Waals surface area contributed by atoms with Gasteiger partial charge in [-0.05, 0) is 36.4 Å². The van der Waals surface area contributed by atoms with Gasteiger partial charge in [0.1, 0.15) is 0 Å². The van der Waals surface area contributed by atoms with Gasteiger partial charge in [0.05, 0.1) is 32.8 Å². The van der Waals surface area contributed by atoms with Crippen LogP contribution in [0, 0.1) is 0 Å². The van der Waals surface area contributed by atoms with Gasteiger partial charge in [-0.25, -0.2) is 8.42 Å². The molecule has 0 heterocycles. The largest absolute Gasteiger partial charge is 0.456 e. The highest BCUT2D eigenvalue weighted by atomic mass is 35.5. The van der Waals surface area contributed by atoms with Crippen LogP contribution in [0.3, 0.4) is 0 Å². The van der Waals surface area contributed by atoms with E-state index in [0.29, 0.717) is 10.7 Å². The van der Waals surface area contributed by atoms with E-state index < -0.39 is 40.5 Å². The normalized spacial score (nSPS) is 11.1. The van der Waals surface area contributed by atoms with Crippen LogP contribution in [0.5, 0.6) is 0 Å². The Labute approximate surface area is 181 Å². The molecule has 1 N–H and O–H groups in total. The van der Waals surface area contributed by atoms with Crippen molar-refractivity contribution >= 4 is 73.8 Å². The van der Waals surface area contributed by atoms with Crippen LogP contribution in [-0.4, -0.2) is 32.7 Å². The summed E-state index contributed by atoms with van der Waals surface area (Å²) >= 11 is 23.3. The SMILES string of the molecule is O=C(COC(=O)CCS(=O)(=O)c1cc(Cl)ccc1Cl)Nc1ccc(Cl)cc1Cl. The Kier molecular flexibility index (Phi) is 7.97. The molecule has 2 rings (SSSR count). The molecule has 11 heteroatoms. The third-order valence-electron chi connectivity index (χ3n) is 3.37. The lowest BCUT2D eigenvalue weighted by molar-refractivity contribution is -0.146. The van der Waals surface area contributed by atoms with Crippen LogP contribution < -0.4 is 5.32 Å². The topological polar surface area (TPSA) is 89.5 Å². The third kappa shape index (κ3) is 6.53. The lowest BCUT2D eigenvalue weighted by Crippen LogP contribution is -2.22. The lowest BCUT2D eigenvalue weighted by atomic mass is 10.3. The summed E-state index contributed by atoms with van der Waals surface area (Å²) in [6, 6.07) is 8.46. The monoisotopic (exact) mass is 483 g/mol. The summed E-state index contributed by atoms with van der Waals surface area (Å²) in [5.74, 6) is -2.05. The number of nitrogens with one attached hydrogen (secondary N) is 1. The highest BCUT2D eigenvalue weighted by Crippen LogP contribution is 2.27. The quantitative estimate of drug-likeness (QED) is 0.578. The molecule has 0 spiro atoms. The van der Waals surface area contributed by atoms with Crippen molar-refractivity contribution in [3.63, 3.8) is 0 Å². The van der Waals surface area contributed by atoms with E-state index in [-0.39, 0.29) is 20.0 Å². The molecule has 0 aliphatic carbocycles. The molecule has 28 heavy (non-hydrogen) atoms. The first-order valence-corrected chi connectivity index (χ1v) is 10.8. The highest BCUT2D eigenvalue weighted by molar-refractivity contribution is 7.91. The molecule has 0 atom stereocenters. The van der Waals surface area contributed by atoms with E-state index in [4.69, 9.17) is 51.1 Å². The second-order valence-electron chi connectivity index (χ2n) is 5.48. The first kappa shape index (κ1) is 22.8. The number of hydrogen-bond donors (Lipinski definition) is 1. The molecule has 0 bridgehead atoms. The number of benzene rings is 2. The van der Waals surface area contributed by atoms with Gasteiger partial charge >= 0.3 is 5.97 Å². The van der Waals surface area contributed by atoms with Crippen LogP contribution in [-0.2, 0) is 24.2 Å². The second-order valence-corrected chi connectivity index (χ2v) is 9.24. The molecule has 6 nitrogen and oxygen atoms in total. The predicted octanol–water partition coefficient (Wildman–Crippen LogP) is 4.65. The fourth-order valence-corrected chi connectivity index (χ4v) is 4.53. The van der Waals surface area contributed by atoms with Gasteiger partial charge in [0, 0.05) is 10.0 Å². The van der Waals surface area contributed by atoms with Gasteiger partial charge in [-0.15, -0.1) is 0 Å². The summed E-state index contributed by atoms with van der Waals surface area (Å²) in [6.07, 6.45) is -0.458. The average molecular weight is 485 g/mol. The maximum Gasteiger partial charge on any atom is 0.307 e. The lowest BCUT2D eigenvalue weighted by Gasteiger charge is -2.09. The fraction of sp³-hybridized carbons (Fsp3) is 0.176. The zero-order valence-electron chi connectivity index (χ0n) is 14.0. The molecule has 0 saturated heterocycles. The van der Waals surface area contributed by atoms with Crippen LogP contribution in [0.1, 0.15) is 6.42 Å². The minimum absolute atomic E-state index is 0.00279. The Bertz CT molecular complexity index is 1010. The number of hydrogen-bond acceptors (Lipinski definition) is 5. The standard InChI is InChI=1S/C17H13Cl4NO5S/c18-10-2-4-14(13(21)7-10)22-16(23)9-27-17(24)5-6-28(25,26)15-8-11(19)1-3-12(15)20/h1-4,7-8H,5-6,9H2,(H,22,23). The molecule has 1 amide bonds. The van der Waals surface area contributed by atoms with Crippen molar-refractivity contribution in [3.05, 3.63) is 56.5 Å². The number of amides is 1. The average Bonchev–Trinajstić information content (AvgIpc) is 2.62. The molecule has 2 aromatic carbocycles. The molecule has 0 unspecified atom stereocenters. The van der Waals surface area contributed by atoms with Crippen molar-refractivity contribution in [3.8, 4) is 0 Å². The van der Waals surface area contributed by atoms with E-state index in [1.165, 1.54) is 36.4 Å². The van der Waals surface area contributed by atoms with Crippen molar-refractivity contribution in [2.24, 2.45) is 0 Å². The van der Waals surface area contributed by atoms with Gasteiger partial charge < -0.3 is 10.1 Å². The summed E-state index contributed by atoms with van der Waals surface area (Å²) < 4.78 is 29.4. The van der Waals surface area contributed by atoms with Crippen LogP contribution in [0.2, 0.25) is 20.1 Å². The molecule has 0 aromatic heterocycles. The number of ether oxygens (including phenoxy) is 1. The van der Waals surface area contributed by atoms with E-state index in [1.807, 2.05) is 0 Å². The predicted molar refractivity (Wildman–Crippen MR) is 109 cm³/mol. The van der Waals surface area contributed by atoms with Crippen molar-refractivity contribution in [2.45, 2.75) is 11.3 Å². The Morgan fingerprint density at radius 3 is 2.25 bits per heavy atom. The van der Waals surface area contributed by atoms with Gasteiger partial charge in [0.25, 0.3) is 5.91 Å². The van der Waals surface area contributed by atoms with E-state index in [9.17, 15) is 18.0 Å². The zero-order valence-corrected chi connectivity index (χ0v) is 17.9. The van der Waals surface area contributed by atoms with Gasteiger partial charge in [0.2, 0.25) is 0 Å². The van der Waals surface area contributed by atoms with Gasteiger partial charge in [-0.3, -0.25) is 9.59 Å². The first-order chi connectivity index (χ1) is 13.1. The highest BCUT2D eigenvalue weighted by Gasteiger charge is 2.21. The molecule has 2 aromatic rings. The van der Waals surface area contributed by atoms with Crippen molar-refractivity contribution in [1.82, 2.24) is 0 Å². The van der Waals surface area contributed by atoms with Gasteiger partial charge in [0.15, 0.2) is 16.4 Å². The molecular formula is C17H13Cl4NO5S. The van der Waals surface area contributed by atoms with Crippen molar-refractivity contribution < 1.29 is 22.7 Å². The van der Waals surface area contributed by atoms with E-state index >= 15 is 0 Å². The van der Waals surface area contributed by atoms with E-state index in [0.717, 1.165) is 0 Å². The van der Waals surface area contributed by atoms with Crippen LogP contribution >= 0.6 is 46.4 Å². The molecular weight excluding hydrogens is 472 g/mol. The summed E-state index contributed by atoms with van der Waals surface area (Å²) in [4.78, 5) is 23.4. The number of rotatable bonds is 7. The number of halogens is 4. The number of anilines is 1. The number of sulfone groups is 1. The summed E-state index contributed by atoms with van der Waals surface area (Å²) in [6.45, 7) is -0.601.